The third kappa shape index (κ3) is 4.29. The van der Waals surface area contributed by atoms with E-state index in [1.165, 1.54) is 0 Å². The predicted molar refractivity (Wildman–Crippen MR) is 90.2 cm³/mol. The Labute approximate surface area is 141 Å². The van der Waals surface area contributed by atoms with Gasteiger partial charge in [-0.1, -0.05) is 0 Å². The minimum absolute atomic E-state index is 0.204. The molecule has 0 aliphatic carbocycles. The fourth-order valence-corrected chi connectivity index (χ4v) is 2.54. The number of carbonyl (C=O) groups excluding carboxylic acids is 1. The van der Waals surface area contributed by atoms with Crippen molar-refractivity contribution in [1.29, 1.82) is 0 Å². The van der Waals surface area contributed by atoms with Crippen molar-refractivity contribution >= 4 is 11.6 Å². The van der Waals surface area contributed by atoms with Crippen LogP contribution < -0.4 is 10.1 Å². The summed E-state index contributed by atoms with van der Waals surface area (Å²) in [7, 11) is 0. The number of nitrogens with one attached hydrogen (secondary N) is 1. The van der Waals surface area contributed by atoms with E-state index in [2.05, 4.69) is 15.3 Å². The fraction of sp³-hybridized carbons (Fsp3) is 0.389. The lowest BCUT2D eigenvalue weighted by atomic mass is 10.0. The summed E-state index contributed by atoms with van der Waals surface area (Å²) in [6.07, 6.45) is 6.92. The van der Waals surface area contributed by atoms with Gasteiger partial charge in [0.25, 0.3) is 5.91 Å². The van der Waals surface area contributed by atoms with Crippen molar-refractivity contribution in [3.8, 4) is 5.88 Å². The summed E-state index contributed by atoms with van der Waals surface area (Å²) in [6, 6.07) is 5.19. The van der Waals surface area contributed by atoms with Gasteiger partial charge in [0.05, 0.1) is 18.5 Å². The second kappa shape index (κ2) is 7.88. The molecule has 6 heteroatoms. The molecule has 2 aromatic heterocycles. The molecule has 0 bridgehead atoms. The van der Waals surface area contributed by atoms with E-state index < -0.39 is 0 Å². The van der Waals surface area contributed by atoms with Gasteiger partial charge in [-0.25, -0.2) is 4.98 Å². The first-order chi connectivity index (χ1) is 11.7. The van der Waals surface area contributed by atoms with Crippen molar-refractivity contribution in [2.45, 2.75) is 19.8 Å². The lowest BCUT2D eigenvalue weighted by molar-refractivity contribution is 0.0490. The Morgan fingerprint density at radius 2 is 2.17 bits per heavy atom. The smallest absolute Gasteiger partial charge is 0.255 e. The second-order valence-corrected chi connectivity index (χ2v) is 5.89. The van der Waals surface area contributed by atoms with E-state index in [4.69, 9.17) is 9.47 Å². The Morgan fingerprint density at radius 3 is 2.96 bits per heavy atom. The van der Waals surface area contributed by atoms with Crippen molar-refractivity contribution in [2.75, 3.05) is 25.1 Å². The van der Waals surface area contributed by atoms with Crippen LogP contribution in [0.15, 0.2) is 36.8 Å². The van der Waals surface area contributed by atoms with Crippen molar-refractivity contribution in [3.63, 3.8) is 0 Å². The van der Waals surface area contributed by atoms with Gasteiger partial charge in [0.2, 0.25) is 5.88 Å². The number of aryl methyl sites for hydroxylation is 1. The van der Waals surface area contributed by atoms with Crippen LogP contribution in [0.1, 0.15) is 28.8 Å². The predicted octanol–water partition coefficient (Wildman–Crippen LogP) is 2.84. The van der Waals surface area contributed by atoms with Crippen LogP contribution in [0, 0.1) is 12.8 Å². The molecule has 24 heavy (non-hydrogen) atoms. The Bertz CT molecular complexity index is 699. The summed E-state index contributed by atoms with van der Waals surface area (Å²) in [6.45, 7) is 4.10. The van der Waals surface area contributed by atoms with Gasteiger partial charge >= 0.3 is 0 Å². The maximum absolute atomic E-state index is 12.4. The number of hydrogen-bond acceptors (Lipinski definition) is 5. The molecule has 1 saturated heterocycles. The third-order valence-electron chi connectivity index (χ3n) is 4.09. The van der Waals surface area contributed by atoms with Gasteiger partial charge < -0.3 is 14.8 Å². The molecule has 1 aliphatic rings. The summed E-state index contributed by atoms with van der Waals surface area (Å²) < 4.78 is 11.1. The fourth-order valence-electron chi connectivity index (χ4n) is 2.54. The summed E-state index contributed by atoms with van der Waals surface area (Å²) in [5.41, 5.74) is 2.17. The molecule has 0 unspecified atom stereocenters. The standard InChI is InChI=1S/C18H21N3O3/c1-13-2-6-19-11-16(13)21-18(22)15-3-7-20-17(10-15)24-12-14-4-8-23-9-5-14/h2-3,6-7,10-11,14H,4-5,8-9,12H2,1H3,(H,21,22). The highest BCUT2D eigenvalue weighted by Gasteiger charge is 2.15. The first-order valence-corrected chi connectivity index (χ1v) is 8.11. The van der Waals surface area contributed by atoms with E-state index in [9.17, 15) is 4.79 Å². The SMILES string of the molecule is Cc1ccncc1NC(=O)c1ccnc(OCC2CCOCC2)c1. The molecule has 3 rings (SSSR count). The molecule has 1 fully saturated rings. The van der Waals surface area contributed by atoms with Gasteiger partial charge in [-0.15, -0.1) is 0 Å². The number of anilines is 1. The van der Waals surface area contributed by atoms with Crippen molar-refractivity contribution in [1.82, 2.24) is 9.97 Å². The molecule has 126 valence electrons. The molecular weight excluding hydrogens is 306 g/mol. The second-order valence-electron chi connectivity index (χ2n) is 5.89. The maximum Gasteiger partial charge on any atom is 0.255 e. The van der Waals surface area contributed by atoms with Crippen LogP contribution in [0.3, 0.4) is 0 Å². The van der Waals surface area contributed by atoms with Crippen LogP contribution >= 0.6 is 0 Å². The highest BCUT2D eigenvalue weighted by molar-refractivity contribution is 6.04. The number of pyridine rings is 2. The molecule has 0 spiro atoms. The molecule has 3 heterocycles. The van der Waals surface area contributed by atoms with Crippen molar-refractivity contribution in [3.05, 3.63) is 47.9 Å². The van der Waals surface area contributed by atoms with Crippen molar-refractivity contribution < 1.29 is 14.3 Å². The van der Waals surface area contributed by atoms with Gasteiger partial charge in [0.1, 0.15) is 0 Å². The quantitative estimate of drug-likeness (QED) is 0.914. The Hall–Kier alpha value is -2.47. The topological polar surface area (TPSA) is 73.3 Å². The summed E-state index contributed by atoms with van der Waals surface area (Å²) >= 11 is 0. The summed E-state index contributed by atoms with van der Waals surface area (Å²) in [4.78, 5) is 20.6. The van der Waals surface area contributed by atoms with Crippen LogP contribution in [-0.2, 0) is 4.74 Å². The normalized spacial score (nSPS) is 15.0. The number of carbonyl (C=O) groups is 1. The Kier molecular flexibility index (Phi) is 5.38. The largest absolute Gasteiger partial charge is 0.477 e. The zero-order valence-electron chi connectivity index (χ0n) is 13.7. The minimum atomic E-state index is -0.204. The lowest BCUT2D eigenvalue weighted by Crippen LogP contribution is -2.21. The molecule has 0 radical (unpaired) electrons. The number of aromatic nitrogens is 2. The monoisotopic (exact) mass is 327 g/mol. The molecule has 2 aromatic rings. The molecule has 1 amide bonds. The number of rotatable bonds is 5. The van der Waals surface area contributed by atoms with E-state index in [0.29, 0.717) is 29.7 Å². The number of nitrogens with zero attached hydrogens (tertiary/aromatic N) is 2. The molecular formula is C18H21N3O3. The molecule has 1 N–H and O–H groups in total. The van der Waals surface area contributed by atoms with Crippen LogP contribution in [0.4, 0.5) is 5.69 Å². The number of amides is 1. The number of ether oxygens (including phenoxy) is 2. The van der Waals surface area contributed by atoms with E-state index in [1.807, 2.05) is 13.0 Å². The van der Waals surface area contributed by atoms with Gasteiger partial charge in [-0.2, -0.15) is 0 Å². The minimum Gasteiger partial charge on any atom is -0.477 e. The van der Waals surface area contributed by atoms with E-state index in [-0.39, 0.29) is 5.91 Å². The van der Waals surface area contributed by atoms with E-state index in [0.717, 1.165) is 31.6 Å². The zero-order chi connectivity index (χ0) is 16.8. The molecule has 0 aromatic carbocycles. The van der Waals surface area contributed by atoms with E-state index >= 15 is 0 Å². The van der Waals surface area contributed by atoms with Gasteiger partial charge in [0.15, 0.2) is 0 Å². The first-order valence-electron chi connectivity index (χ1n) is 8.11. The molecule has 6 nitrogen and oxygen atoms in total. The first kappa shape index (κ1) is 16.4. The number of hydrogen-bond donors (Lipinski definition) is 1. The lowest BCUT2D eigenvalue weighted by Gasteiger charge is -2.21. The van der Waals surface area contributed by atoms with E-state index in [1.54, 1.807) is 30.7 Å². The van der Waals surface area contributed by atoms with Gasteiger partial charge in [-0.05, 0) is 43.4 Å². The van der Waals surface area contributed by atoms with Gasteiger partial charge in [0, 0.05) is 37.2 Å². The van der Waals surface area contributed by atoms with Crippen LogP contribution in [-0.4, -0.2) is 35.7 Å². The molecule has 1 aliphatic heterocycles. The highest BCUT2D eigenvalue weighted by Crippen LogP contribution is 2.18. The summed E-state index contributed by atoms with van der Waals surface area (Å²) in [5.74, 6) is 0.748. The van der Waals surface area contributed by atoms with Crippen LogP contribution in [0.25, 0.3) is 0 Å². The average molecular weight is 327 g/mol. The maximum atomic E-state index is 12.4. The average Bonchev–Trinajstić information content (AvgIpc) is 2.63. The zero-order valence-corrected chi connectivity index (χ0v) is 13.7. The Morgan fingerprint density at radius 1 is 1.33 bits per heavy atom. The molecule has 0 atom stereocenters. The summed E-state index contributed by atoms with van der Waals surface area (Å²) in [5, 5.41) is 2.86. The van der Waals surface area contributed by atoms with Gasteiger partial charge in [-0.3, -0.25) is 9.78 Å². The van der Waals surface area contributed by atoms with Crippen molar-refractivity contribution in [2.24, 2.45) is 5.92 Å². The third-order valence-corrected chi connectivity index (χ3v) is 4.09. The highest BCUT2D eigenvalue weighted by atomic mass is 16.5. The van der Waals surface area contributed by atoms with Crippen LogP contribution in [0.2, 0.25) is 0 Å². The van der Waals surface area contributed by atoms with Crippen LogP contribution in [0.5, 0.6) is 5.88 Å². The Balaban J connectivity index is 1.61. The molecule has 0 saturated carbocycles.